The second-order valence-electron chi connectivity index (χ2n) is 5.10. The van der Waals surface area contributed by atoms with Gasteiger partial charge >= 0.3 is 0 Å². The fourth-order valence-electron chi connectivity index (χ4n) is 2.18. The Morgan fingerprint density at radius 1 is 1.37 bits per heavy atom. The summed E-state index contributed by atoms with van der Waals surface area (Å²) in [7, 11) is 5.84. The summed E-state index contributed by atoms with van der Waals surface area (Å²) < 4.78 is 0. The van der Waals surface area contributed by atoms with E-state index in [0.29, 0.717) is 0 Å². The molecule has 0 heterocycles. The van der Waals surface area contributed by atoms with Crippen LogP contribution in [0.4, 0.5) is 17.1 Å². The number of rotatable bonds is 4. The van der Waals surface area contributed by atoms with Crippen molar-refractivity contribution in [2.24, 2.45) is 0 Å². The highest BCUT2D eigenvalue weighted by Crippen LogP contribution is 2.36. The van der Waals surface area contributed by atoms with Crippen molar-refractivity contribution in [2.75, 3.05) is 22.4 Å². The molecule has 1 aliphatic rings. The van der Waals surface area contributed by atoms with Crippen molar-refractivity contribution in [3.63, 3.8) is 0 Å². The number of nitrogens with two attached hydrogens (primary N) is 1. The highest BCUT2D eigenvalue weighted by molar-refractivity contribution is 6.17. The Hall–Kier alpha value is -1.32. The first kappa shape index (κ1) is 15.7. The van der Waals surface area contributed by atoms with Crippen LogP contribution in [0.2, 0.25) is 0 Å². The van der Waals surface area contributed by atoms with E-state index in [-0.39, 0.29) is 5.54 Å². The molecule has 19 heavy (non-hydrogen) atoms. The summed E-state index contributed by atoms with van der Waals surface area (Å²) in [5, 5.41) is 3.52. The first-order valence-corrected chi connectivity index (χ1v) is 7.24. The lowest BCUT2D eigenvalue weighted by molar-refractivity contribution is 0.307. The minimum Gasteiger partial charge on any atom is -0.425 e. The van der Waals surface area contributed by atoms with Crippen LogP contribution in [0.25, 0.3) is 0 Å². The summed E-state index contributed by atoms with van der Waals surface area (Å²) in [6, 6.07) is 5.95. The Kier molecular flexibility index (Phi) is 5.58. The summed E-state index contributed by atoms with van der Waals surface area (Å²) in [6.07, 6.45) is 3.73. The molecule has 1 saturated carbocycles. The second kappa shape index (κ2) is 6.74. The van der Waals surface area contributed by atoms with E-state index in [2.05, 4.69) is 12.2 Å². The molecule has 1 aliphatic carbocycles. The Balaban J connectivity index is 0.000000861. The average Bonchev–Trinajstić information content (AvgIpc) is 2.40. The molecule has 0 unspecified atom stereocenters. The summed E-state index contributed by atoms with van der Waals surface area (Å²) >= 11 is 0. The zero-order chi connectivity index (χ0) is 14.5. The fourth-order valence-corrected chi connectivity index (χ4v) is 2.18. The zero-order valence-electron chi connectivity index (χ0n) is 12.7. The molecule has 104 valence electrons. The zero-order valence-corrected chi connectivity index (χ0v) is 12.7. The van der Waals surface area contributed by atoms with E-state index in [1.54, 1.807) is 4.81 Å². The van der Waals surface area contributed by atoms with Crippen LogP contribution in [0.1, 0.15) is 47.0 Å². The number of hydrogen-bond donors (Lipinski definition) is 2. The smallest absolute Gasteiger partial charge is 0.226 e. The third kappa shape index (κ3) is 3.82. The van der Waals surface area contributed by atoms with Crippen LogP contribution in [0, 0.1) is 0 Å². The van der Waals surface area contributed by atoms with Gasteiger partial charge in [-0.15, -0.1) is 0 Å². The Labute approximate surface area is 119 Å². The predicted molar refractivity (Wildman–Crippen MR) is 86.9 cm³/mol. The lowest BCUT2D eigenvalue weighted by Gasteiger charge is -2.40. The van der Waals surface area contributed by atoms with Crippen LogP contribution in [-0.2, 0) is 0 Å². The molecule has 2 rings (SSSR count). The van der Waals surface area contributed by atoms with Crippen molar-refractivity contribution in [1.29, 1.82) is 0 Å². The minimum atomic E-state index is 0.225. The molecule has 0 aliphatic heterocycles. The first-order valence-electron chi connectivity index (χ1n) is 7.24. The second-order valence-corrected chi connectivity index (χ2v) is 5.10. The molecule has 0 amide bonds. The third-order valence-electron chi connectivity index (χ3n) is 3.60. The maximum absolute atomic E-state index is 6.06. The van der Waals surface area contributed by atoms with Gasteiger partial charge in [0.25, 0.3) is 0 Å². The Bertz CT molecular complexity index is 402. The van der Waals surface area contributed by atoms with Crippen molar-refractivity contribution >= 4 is 25.0 Å². The van der Waals surface area contributed by atoms with E-state index in [0.717, 1.165) is 23.6 Å². The SMILES string of the molecule is CC.[B]N(CC)c1ccc(NC2(C)CCC2)c(N)c1. The molecule has 0 spiro atoms. The normalized spacial score (nSPS) is 15.8. The van der Waals surface area contributed by atoms with Crippen LogP contribution >= 0.6 is 0 Å². The van der Waals surface area contributed by atoms with Gasteiger partial charge in [0.1, 0.15) is 0 Å². The Morgan fingerprint density at radius 3 is 2.42 bits per heavy atom. The largest absolute Gasteiger partial charge is 0.425 e. The number of hydrogen-bond acceptors (Lipinski definition) is 3. The van der Waals surface area contributed by atoms with E-state index in [9.17, 15) is 0 Å². The molecular weight excluding hydrogens is 233 g/mol. The molecule has 3 nitrogen and oxygen atoms in total. The van der Waals surface area contributed by atoms with Gasteiger partial charge in [0.05, 0.1) is 11.4 Å². The predicted octanol–water partition coefficient (Wildman–Crippen LogP) is 3.56. The molecule has 0 aromatic heterocycles. The average molecular weight is 259 g/mol. The van der Waals surface area contributed by atoms with Gasteiger partial charge in [-0.3, -0.25) is 0 Å². The number of nitrogens with zero attached hydrogens (tertiary/aromatic N) is 1. The third-order valence-corrected chi connectivity index (χ3v) is 3.60. The van der Waals surface area contributed by atoms with Crippen LogP contribution in [0.5, 0.6) is 0 Å². The Morgan fingerprint density at radius 2 is 2.00 bits per heavy atom. The van der Waals surface area contributed by atoms with Gasteiger partial charge in [0.2, 0.25) is 7.98 Å². The van der Waals surface area contributed by atoms with Crippen LogP contribution < -0.4 is 15.9 Å². The number of benzene rings is 1. The van der Waals surface area contributed by atoms with E-state index < -0.39 is 0 Å². The molecular formula is C15H26BN3. The van der Waals surface area contributed by atoms with E-state index in [1.165, 1.54) is 19.3 Å². The number of anilines is 3. The van der Waals surface area contributed by atoms with Crippen LogP contribution in [-0.4, -0.2) is 20.1 Å². The summed E-state index contributed by atoms with van der Waals surface area (Å²) in [6.45, 7) is 9.02. The van der Waals surface area contributed by atoms with Crippen molar-refractivity contribution in [3.05, 3.63) is 18.2 Å². The minimum absolute atomic E-state index is 0.225. The topological polar surface area (TPSA) is 41.3 Å². The molecule has 1 aromatic carbocycles. The monoisotopic (exact) mass is 259 g/mol. The van der Waals surface area contributed by atoms with Gasteiger partial charge in [-0.05, 0) is 51.3 Å². The standard InChI is InChI=1S/C13H20BN3.C2H6/c1-3-17(14)10-5-6-12(11(15)9-10)16-13(2)7-4-8-13;1-2/h5-6,9,16H,3-4,7-8,15H2,1-2H3;1-2H3. The van der Waals surface area contributed by atoms with Gasteiger partial charge < -0.3 is 15.9 Å². The lowest BCUT2D eigenvalue weighted by atomic mass is 9.78. The van der Waals surface area contributed by atoms with Crippen LogP contribution in [0.3, 0.4) is 0 Å². The van der Waals surface area contributed by atoms with Crippen molar-refractivity contribution in [1.82, 2.24) is 0 Å². The molecule has 0 atom stereocenters. The molecule has 2 radical (unpaired) electrons. The highest BCUT2D eigenvalue weighted by Gasteiger charge is 2.31. The molecule has 4 heteroatoms. The van der Waals surface area contributed by atoms with Gasteiger partial charge in [0.15, 0.2) is 0 Å². The van der Waals surface area contributed by atoms with Crippen molar-refractivity contribution in [2.45, 2.75) is 52.5 Å². The lowest BCUT2D eigenvalue weighted by Crippen LogP contribution is -2.41. The summed E-state index contributed by atoms with van der Waals surface area (Å²) in [5.41, 5.74) is 9.01. The van der Waals surface area contributed by atoms with Gasteiger partial charge in [-0.25, -0.2) is 0 Å². The summed E-state index contributed by atoms with van der Waals surface area (Å²) in [5.74, 6) is 0. The van der Waals surface area contributed by atoms with Crippen LogP contribution in [0.15, 0.2) is 18.2 Å². The van der Waals surface area contributed by atoms with Crippen molar-refractivity contribution in [3.8, 4) is 0 Å². The molecule has 1 fully saturated rings. The maximum atomic E-state index is 6.06. The number of nitrogen functional groups attached to an aromatic ring is 1. The molecule has 0 bridgehead atoms. The van der Waals surface area contributed by atoms with E-state index in [1.807, 2.05) is 39.0 Å². The quantitative estimate of drug-likeness (QED) is 0.641. The summed E-state index contributed by atoms with van der Waals surface area (Å²) in [4.78, 5) is 1.69. The van der Waals surface area contributed by atoms with Crippen molar-refractivity contribution < 1.29 is 0 Å². The van der Waals surface area contributed by atoms with Gasteiger partial charge in [-0.1, -0.05) is 13.8 Å². The molecule has 0 saturated heterocycles. The van der Waals surface area contributed by atoms with E-state index in [4.69, 9.17) is 13.7 Å². The van der Waals surface area contributed by atoms with Gasteiger partial charge in [0, 0.05) is 17.8 Å². The molecule has 3 N–H and O–H groups in total. The first-order chi connectivity index (χ1) is 9.04. The van der Waals surface area contributed by atoms with Gasteiger partial charge in [-0.2, -0.15) is 0 Å². The maximum Gasteiger partial charge on any atom is 0.226 e. The highest BCUT2D eigenvalue weighted by atomic mass is 15.0. The van der Waals surface area contributed by atoms with E-state index >= 15 is 0 Å². The fraction of sp³-hybridized carbons (Fsp3) is 0.600. The number of nitrogens with one attached hydrogen (secondary N) is 1. The molecule has 1 aromatic rings.